The minimum absolute atomic E-state index is 0.0874. The van der Waals surface area contributed by atoms with Crippen LogP contribution in [0, 0.1) is 0 Å². The molecular formula is C10H9N3O3. The van der Waals surface area contributed by atoms with Crippen LogP contribution in [0.2, 0.25) is 0 Å². The molecule has 2 rings (SSSR count). The minimum Gasteiger partial charge on any atom is -0.364 e. The molecule has 0 spiro atoms. The number of hydrogen-bond acceptors (Lipinski definition) is 4. The Morgan fingerprint density at radius 2 is 2.19 bits per heavy atom. The molecule has 1 aromatic carbocycles. The van der Waals surface area contributed by atoms with Gasteiger partial charge in [-0.25, -0.2) is 0 Å². The Labute approximate surface area is 90.4 Å². The van der Waals surface area contributed by atoms with Crippen LogP contribution in [0.4, 0.5) is 5.69 Å². The van der Waals surface area contributed by atoms with Gasteiger partial charge in [0.05, 0.1) is 5.39 Å². The van der Waals surface area contributed by atoms with Gasteiger partial charge >= 0.3 is 0 Å². The lowest BCUT2D eigenvalue weighted by molar-refractivity contribution is -0.114. The van der Waals surface area contributed by atoms with Crippen LogP contribution < -0.4 is 11.1 Å². The molecule has 6 heteroatoms. The molecule has 0 atom stereocenters. The molecule has 16 heavy (non-hydrogen) atoms. The number of aromatic nitrogens is 1. The van der Waals surface area contributed by atoms with Gasteiger partial charge in [-0.1, -0.05) is 5.16 Å². The summed E-state index contributed by atoms with van der Waals surface area (Å²) in [5, 5.41) is 6.67. The Morgan fingerprint density at radius 3 is 2.81 bits per heavy atom. The zero-order valence-corrected chi connectivity index (χ0v) is 8.48. The highest BCUT2D eigenvalue weighted by Gasteiger charge is 2.13. The van der Waals surface area contributed by atoms with E-state index in [1.807, 2.05) is 0 Å². The Balaban J connectivity index is 2.49. The van der Waals surface area contributed by atoms with Gasteiger partial charge in [-0.05, 0) is 12.1 Å². The van der Waals surface area contributed by atoms with E-state index in [9.17, 15) is 9.59 Å². The van der Waals surface area contributed by atoms with Crippen LogP contribution >= 0.6 is 0 Å². The molecule has 6 nitrogen and oxygen atoms in total. The summed E-state index contributed by atoms with van der Waals surface area (Å²) in [5.74, 6) is -0.833. The van der Waals surface area contributed by atoms with Crippen molar-refractivity contribution >= 4 is 28.5 Å². The van der Waals surface area contributed by atoms with Gasteiger partial charge in [0.15, 0.2) is 11.3 Å². The summed E-state index contributed by atoms with van der Waals surface area (Å²) < 4.78 is 4.93. The molecular weight excluding hydrogens is 210 g/mol. The Hall–Kier alpha value is -2.37. The van der Waals surface area contributed by atoms with E-state index < -0.39 is 5.91 Å². The molecule has 0 saturated heterocycles. The van der Waals surface area contributed by atoms with E-state index in [-0.39, 0.29) is 11.6 Å². The maximum absolute atomic E-state index is 11.0. The second-order valence-electron chi connectivity index (χ2n) is 3.29. The molecule has 0 radical (unpaired) electrons. The summed E-state index contributed by atoms with van der Waals surface area (Å²) in [6.45, 7) is 1.40. The minimum atomic E-state index is -0.647. The van der Waals surface area contributed by atoms with Gasteiger partial charge in [-0.3, -0.25) is 9.59 Å². The second kappa shape index (κ2) is 3.65. The zero-order chi connectivity index (χ0) is 11.7. The number of nitrogens with two attached hydrogens (primary N) is 1. The molecule has 0 saturated carbocycles. The van der Waals surface area contributed by atoms with Crippen LogP contribution in [0.5, 0.6) is 0 Å². The monoisotopic (exact) mass is 219 g/mol. The maximum Gasteiger partial charge on any atom is 0.271 e. The van der Waals surface area contributed by atoms with Gasteiger partial charge in [0.1, 0.15) is 0 Å². The largest absolute Gasteiger partial charge is 0.364 e. The number of nitrogens with one attached hydrogen (secondary N) is 1. The third-order valence-electron chi connectivity index (χ3n) is 2.03. The number of anilines is 1. The topological polar surface area (TPSA) is 98.2 Å². The lowest BCUT2D eigenvalue weighted by atomic mass is 10.2. The van der Waals surface area contributed by atoms with Crippen molar-refractivity contribution in [1.29, 1.82) is 0 Å². The van der Waals surface area contributed by atoms with E-state index in [0.29, 0.717) is 16.7 Å². The molecule has 0 aliphatic heterocycles. The predicted octanol–water partition coefficient (Wildman–Crippen LogP) is 0.885. The number of amides is 2. The highest BCUT2D eigenvalue weighted by molar-refractivity contribution is 6.04. The van der Waals surface area contributed by atoms with Crippen molar-refractivity contribution in [2.75, 3.05) is 5.32 Å². The molecule has 0 bridgehead atoms. The number of carbonyl (C=O) groups is 2. The average molecular weight is 219 g/mol. The molecule has 0 aliphatic carbocycles. The van der Waals surface area contributed by atoms with Crippen molar-refractivity contribution in [2.24, 2.45) is 5.73 Å². The summed E-state index contributed by atoms with van der Waals surface area (Å²) in [6, 6.07) is 4.85. The van der Waals surface area contributed by atoms with Crippen molar-refractivity contribution in [3.05, 3.63) is 23.9 Å². The van der Waals surface area contributed by atoms with Crippen LogP contribution in [-0.4, -0.2) is 17.0 Å². The average Bonchev–Trinajstić information content (AvgIpc) is 2.59. The number of hydrogen-bond donors (Lipinski definition) is 2. The fourth-order valence-corrected chi connectivity index (χ4v) is 1.40. The molecule has 0 unspecified atom stereocenters. The van der Waals surface area contributed by atoms with E-state index in [2.05, 4.69) is 10.5 Å². The normalized spacial score (nSPS) is 10.3. The highest BCUT2D eigenvalue weighted by Crippen LogP contribution is 2.22. The second-order valence-corrected chi connectivity index (χ2v) is 3.29. The fourth-order valence-electron chi connectivity index (χ4n) is 1.40. The lowest BCUT2D eigenvalue weighted by Gasteiger charge is -1.99. The van der Waals surface area contributed by atoms with E-state index in [4.69, 9.17) is 10.3 Å². The molecule has 82 valence electrons. The van der Waals surface area contributed by atoms with Crippen LogP contribution in [0.1, 0.15) is 17.4 Å². The Kier molecular flexibility index (Phi) is 2.32. The van der Waals surface area contributed by atoms with Gasteiger partial charge < -0.3 is 15.6 Å². The standard InChI is InChI=1S/C10H9N3O3/c1-5(14)12-6-2-3-7-8(4-6)16-13-9(7)10(11)15/h2-4H,1H3,(H2,11,15)(H,12,14). The maximum atomic E-state index is 11.0. The molecule has 2 aromatic rings. The fraction of sp³-hybridized carbons (Fsp3) is 0.100. The molecule has 0 fully saturated rings. The van der Waals surface area contributed by atoms with Crippen molar-refractivity contribution < 1.29 is 14.1 Å². The van der Waals surface area contributed by atoms with Crippen molar-refractivity contribution in [2.45, 2.75) is 6.92 Å². The van der Waals surface area contributed by atoms with Crippen molar-refractivity contribution in [1.82, 2.24) is 5.16 Å². The first-order valence-corrected chi connectivity index (χ1v) is 4.55. The summed E-state index contributed by atoms with van der Waals surface area (Å²) >= 11 is 0. The predicted molar refractivity (Wildman–Crippen MR) is 56.8 cm³/mol. The molecule has 1 heterocycles. The van der Waals surface area contributed by atoms with Crippen LogP contribution in [-0.2, 0) is 4.79 Å². The summed E-state index contributed by atoms with van der Waals surface area (Å²) in [7, 11) is 0. The quantitative estimate of drug-likeness (QED) is 0.783. The van der Waals surface area contributed by atoms with Gasteiger partial charge in [0.2, 0.25) is 5.91 Å². The molecule has 2 amide bonds. The van der Waals surface area contributed by atoms with E-state index in [0.717, 1.165) is 0 Å². The summed E-state index contributed by atoms with van der Waals surface area (Å²) in [6.07, 6.45) is 0. The molecule has 0 aliphatic rings. The summed E-state index contributed by atoms with van der Waals surface area (Å²) in [5.41, 5.74) is 6.18. The SMILES string of the molecule is CC(=O)Nc1ccc2c(C(N)=O)noc2c1. The molecule has 1 aromatic heterocycles. The first-order valence-electron chi connectivity index (χ1n) is 4.55. The number of carbonyl (C=O) groups excluding carboxylic acids is 2. The van der Waals surface area contributed by atoms with Gasteiger partial charge in [0.25, 0.3) is 5.91 Å². The number of benzene rings is 1. The van der Waals surface area contributed by atoms with E-state index in [1.165, 1.54) is 6.92 Å². The number of primary amides is 1. The zero-order valence-electron chi connectivity index (χ0n) is 8.48. The number of nitrogens with zero attached hydrogens (tertiary/aromatic N) is 1. The van der Waals surface area contributed by atoms with Gasteiger partial charge in [0, 0.05) is 18.7 Å². The third-order valence-corrected chi connectivity index (χ3v) is 2.03. The summed E-state index contributed by atoms with van der Waals surface area (Å²) in [4.78, 5) is 21.8. The van der Waals surface area contributed by atoms with Crippen molar-refractivity contribution in [3.63, 3.8) is 0 Å². The first kappa shape index (κ1) is 10.2. The molecule has 3 N–H and O–H groups in total. The van der Waals surface area contributed by atoms with Gasteiger partial charge in [-0.2, -0.15) is 0 Å². The van der Waals surface area contributed by atoms with E-state index >= 15 is 0 Å². The van der Waals surface area contributed by atoms with Gasteiger partial charge in [-0.15, -0.1) is 0 Å². The smallest absolute Gasteiger partial charge is 0.271 e. The van der Waals surface area contributed by atoms with E-state index in [1.54, 1.807) is 18.2 Å². The Bertz CT molecular complexity index is 574. The highest BCUT2D eigenvalue weighted by atomic mass is 16.5. The van der Waals surface area contributed by atoms with Crippen LogP contribution in [0.25, 0.3) is 11.0 Å². The van der Waals surface area contributed by atoms with Crippen LogP contribution in [0.3, 0.4) is 0 Å². The van der Waals surface area contributed by atoms with Crippen LogP contribution in [0.15, 0.2) is 22.7 Å². The lowest BCUT2D eigenvalue weighted by Crippen LogP contribution is -2.11. The Morgan fingerprint density at radius 1 is 1.44 bits per heavy atom. The number of fused-ring (bicyclic) bond motifs is 1. The number of rotatable bonds is 2. The first-order chi connectivity index (χ1) is 7.58. The third kappa shape index (κ3) is 1.72. The van der Waals surface area contributed by atoms with Crippen molar-refractivity contribution in [3.8, 4) is 0 Å².